The van der Waals surface area contributed by atoms with Crippen molar-refractivity contribution in [3.63, 3.8) is 0 Å². The van der Waals surface area contributed by atoms with Gasteiger partial charge in [-0.15, -0.1) is 0 Å². The molecule has 1 saturated heterocycles. The molecule has 1 N–H and O–H groups in total. The van der Waals surface area contributed by atoms with Crippen LogP contribution in [0.15, 0.2) is 29.4 Å². The Morgan fingerprint density at radius 1 is 1.39 bits per heavy atom. The fourth-order valence-corrected chi connectivity index (χ4v) is 3.05. The van der Waals surface area contributed by atoms with Gasteiger partial charge in [-0.1, -0.05) is 31.1 Å². The van der Waals surface area contributed by atoms with Gasteiger partial charge >= 0.3 is 0 Å². The zero-order valence-corrected chi connectivity index (χ0v) is 13.9. The first-order chi connectivity index (χ1) is 11.1. The molecule has 1 fully saturated rings. The van der Waals surface area contributed by atoms with Gasteiger partial charge in [-0.05, 0) is 49.5 Å². The molecule has 0 aromatic heterocycles. The zero-order valence-electron chi connectivity index (χ0n) is 13.9. The summed E-state index contributed by atoms with van der Waals surface area (Å²) in [5, 5.41) is 6.97. The highest BCUT2D eigenvalue weighted by atomic mass is 16.6. The lowest BCUT2D eigenvalue weighted by Gasteiger charge is -2.16. The number of benzene rings is 1. The number of nitrogens with zero attached hydrogens (tertiary/aromatic N) is 2. The Labute approximate surface area is 137 Å². The van der Waals surface area contributed by atoms with E-state index in [2.05, 4.69) is 41.4 Å². The Balaban J connectivity index is 1.56. The molecule has 0 saturated carbocycles. The number of likely N-dealkylation sites (tertiary alicyclic amines) is 1. The van der Waals surface area contributed by atoms with E-state index in [0.717, 1.165) is 17.9 Å². The number of hydrogen-bond acceptors (Lipinski definition) is 4. The average molecular weight is 315 g/mol. The summed E-state index contributed by atoms with van der Waals surface area (Å²) in [5.41, 5.74) is 3.01. The maximum Gasteiger partial charge on any atom is 0.268 e. The highest BCUT2D eigenvalue weighted by Crippen LogP contribution is 2.19. The molecule has 1 atom stereocenters. The minimum absolute atomic E-state index is 0.122. The first-order valence-electron chi connectivity index (χ1n) is 8.46. The van der Waals surface area contributed by atoms with Gasteiger partial charge in [0.1, 0.15) is 0 Å². The van der Waals surface area contributed by atoms with Crippen LogP contribution in [0.25, 0.3) is 0 Å². The van der Waals surface area contributed by atoms with Gasteiger partial charge in [-0.2, -0.15) is 0 Å². The summed E-state index contributed by atoms with van der Waals surface area (Å²) >= 11 is 0. The zero-order chi connectivity index (χ0) is 16.2. The number of carbonyl (C=O) groups excluding carboxylic acids is 1. The maximum atomic E-state index is 12.3. The lowest BCUT2D eigenvalue weighted by molar-refractivity contribution is -0.125. The first-order valence-corrected chi connectivity index (χ1v) is 8.46. The summed E-state index contributed by atoms with van der Waals surface area (Å²) in [6, 6.07) is 8.08. The molecule has 0 radical (unpaired) electrons. The molecule has 124 valence electrons. The Kier molecular flexibility index (Phi) is 4.96. The Hall–Kier alpha value is -1.88. The van der Waals surface area contributed by atoms with Crippen molar-refractivity contribution in [2.45, 2.75) is 45.8 Å². The van der Waals surface area contributed by atoms with Crippen molar-refractivity contribution in [3.8, 4) is 0 Å². The van der Waals surface area contributed by atoms with E-state index in [9.17, 15) is 4.79 Å². The molecule has 5 nitrogen and oxygen atoms in total. The van der Waals surface area contributed by atoms with Gasteiger partial charge in [0.2, 0.25) is 6.10 Å². The van der Waals surface area contributed by atoms with E-state index in [-0.39, 0.29) is 5.91 Å². The van der Waals surface area contributed by atoms with Gasteiger partial charge in [-0.25, -0.2) is 0 Å². The number of anilines is 1. The lowest BCUT2D eigenvalue weighted by atomic mass is 10.0. The topological polar surface area (TPSA) is 53.9 Å². The first kappa shape index (κ1) is 16.0. The predicted octanol–water partition coefficient (Wildman–Crippen LogP) is 3.02. The van der Waals surface area contributed by atoms with Gasteiger partial charge in [0, 0.05) is 18.7 Å². The number of hydrogen-bond donors (Lipinski definition) is 1. The molecule has 2 heterocycles. The summed E-state index contributed by atoms with van der Waals surface area (Å²) in [5.74, 6) is 0.194. The van der Waals surface area contributed by atoms with Crippen LogP contribution in [-0.4, -0.2) is 35.7 Å². The minimum Gasteiger partial charge on any atom is -0.382 e. The van der Waals surface area contributed by atoms with E-state index in [0.29, 0.717) is 12.3 Å². The number of carbonyl (C=O) groups is 1. The largest absolute Gasteiger partial charge is 0.382 e. The number of oxime groups is 1. The van der Waals surface area contributed by atoms with Crippen molar-refractivity contribution < 1.29 is 9.63 Å². The summed E-state index contributed by atoms with van der Waals surface area (Å²) in [4.78, 5) is 20.0. The third-order valence-corrected chi connectivity index (χ3v) is 4.45. The third-order valence-electron chi connectivity index (χ3n) is 4.45. The number of amides is 1. The quantitative estimate of drug-likeness (QED) is 0.908. The van der Waals surface area contributed by atoms with Gasteiger partial charge in [0.15, 0.2) is 0 Å². The second-order valence-electron chi connectivity index (χ2n) is 6.71. The molecule has 3 rings (SSSR count). The SMILES string of the molecule is CC(C)C1=NOC(C(=O)Nc2cccc(CN3CCCC3)c2)C1. The molecule has 0 bridgehead atoms. The van der Waals surface area contributed by atoms with Crippen LogP contribution in [-0.2, 0) is 16.2 Å². The summed E-state index contributed by atoms with van der Waals surface area (Å²) in [6.45, 7) is 7.41. The van der Waals surface area contributed by atoms with Crippen molar-refractivity contribution in [1.29, 1.82) is 0 Å². The fourth-order valence-electron chi connectivity index (χ4n) is 3.05. The van der Waals surface area contributed by atoms with Crippen molar-refractivity contribution in [2.75, 3.05) is 18.4 Å². The minimum atomic E-state index is -0.505. The summed E-state index contributed by atoms with van der Waals surface area (Å²) in [6.07, 6.45) is 2.65. The lowest BCUT2D eigenvalue weighted by Crippen LogP contribution is -2.28. The average Bonchev–Trinajstić information content (AvgIpc) is 3.18. The van der Waals surface area contributed by atoms with Crippen molar-refractivity contribution in [1.82, 2.24) is 4.90 Å². The molecular formula is C18H25N3O2. The molecule has 2 aliphatic heterocycles. The third kappa shape index (κ3) is 4.10. The molecule has 1 amide bonds. The van der Waals surface area contributed by atoms with Crippen LogP contribution in [0.1, 0.15) is 38.7 Å². The smallest absolute Gasteiger partial charge is 0.268 e. The molecule has 1 unspecified atom stereocenters. The Bertz CT molecular complexity index is 592. The summed E-state index contributed by atoms with van der Waals surface area (Å²) in [7, 11) is 0. The molecule has 23 heavy (non-hydrogen) atoms. The normalized spacial score (nSPS) is 21.3. The Morgan fingerprint density at radius 2 is 2.17 bits per heavy atom. The van der Waals surface area contributed by atoms with E-state index < -0.39 is 6.10 Å². The van der Waals surface area contributed by atoms with E-state index in [4.69, 9.17) is 4.84 Å². The molecule has 2 aliphatic rings. The van der Waals surface area contributed by atoms with Gasteiger partial charge in [-0.3, -0.25) is 9.69 Å². The molecule has 5 heteroatoms. The van der Waals surface area contributed by atoms with E-state index in [1.54, 1.807) is 0 Å². The van der Waals surface area contributed by atoms with Gasteiger partial charge < -0.3 is 10.2 Å². The highest BCUT2D eigenvalue weighted by molar-refractivity contribution is 5.99. The number of nitrogens with one attached hydrogen (secondary N) is 1. The van der Waals surface area contributed by atoms with Crippen LogP contribution in [0.5, 0.6) is 0 Å². The van der Waals surface area contributed by atoms with Gasteiger partial charge in [0.25, 0.3) is 5.91 Å². The second kappa shape index (κ2) is 7.13. The standard InChI is InChI=1S/C18H25N3O2/c1-13(2)16-11-17(23-20-16)18(22)19-15-7-5-6-14(10-15)12-21-8-3-4-9-21/h5-7,10,13,17H,3-4,8-9,11-12H2,1-2H3,(H,19,22). The molecule has 1 aromatic carbocycles. The van der Waals surface area contributed by atoms with E-state index >= 15 is 0 Å². The van der Waals surface area contributed by atoms with Crippen LogP contribution in [0.4, 0.5) is 5.69 Å². The van der Waals surface area contributed by atoms with Crippen molar-refractivity contribution in [3.05, 3.63) is 29.8 Å². The van der Waals surface area contributed by atoms with Crippen LogP contribution in [0.3, 0.4) is 0 Å². The fraction of sp³-hybridized carbons (Fsp3) is 0.556. The Morgan fingerprint density at radius 3 is 2.87 bits per heavy atom. The van der Waals surface area contributed by atoms with Crippen LogP contribution < -0.4 is 5.32 Å². The summed E-state index contributed by atoms with van der Waals surface area (Å²) < 4.78 is 0. The monoisotopic (exact) mass is 315 g/mol. The molecule has 1 aromatic rings. The number of rotatable bonds is 5. The van der Waals surface area contributed by atoms with Crippen molar-refractivity contribution in [2.24, 2.45) is 11.1 Å². The van der Waals surface area contributed by atoms with E-state index in [1.807, 2.05) is 12.1 Å². The maximum absolute atomic E-state index is 12.3. The molecule has 0 spiro atoms. The van der Waals surface area contributed by atoms with Crippen LogP contribution >= 0.6 is 0 Å². The van der Waals surface area contributed by atoms with E-state index in [1.165, 1.54) is 31.5 Å². The second-order valence-corrected chi connectivity index (χ2v) is 6.71. The highest BCUT2D eigenvalue weighted by Gasteiger charge is 2.29. The van der Waals surface area contributed by atoms with Crippen LogP contribution in [0.2, 0.25) is 0 Å². The molecule has 0 aliphatic carbocycles. The van der Waals surface area contributed by atoms with Gasteiger partial charge in [0.05, 0.1) is 5.71 Å². The van der Waals surface area contributed by atoms with Crippen LogP contribution in [0, 0.1) is 5.92 Å². The van der Waals surface area contributed by atoms with Crippen molar-refractivity contribution >= 4 is 17.3 Å². The predicted molar refractivity (Wildman–Crippen MR) is 91.3 cm³/mol. The molecular weight excluding hydrogens is 290 g/mol.